The number of benzene rings is 1. The molecular formula is C15H11Cl2N3O2S. The lowest BCUT2D eigenvalue weighted by molar-refractivity contribution is -0.116. The highest BCUT2D eigenvalue weighted by molar-refractivity contribution is 7.08. The lowest BCUT2D eigenvalue weighted by Crippen LogP contribution is -2.12. The maximum absolute atomic E-state index is 12.0. The zero-order valence-electron chi connectivity index (χ0n) is 11.8. The monoisotopic (exact) mass is 367 g/mol. The summed E-state index contributed by atoms with van der Waals surface area (Å²) in [5.41, 5.74) is 1.46. The lowest BCUT2D eigenvalue weighted by atomic mass is 10.2. The molecule has 0 atom stereocenters. The molecule has 0 saturated heterocycles. The average Bonchev–Trinajstić information content (AvgIpc) is 3.15. The second-order valence-corrected chi connectivity index (χ2v) is 6.38. The molecule has 0 aliphatic carbocycles. The molecule has 1 amide bonds. The Hall–Kier alpha value is -1.89. The minimum atomic E-state index is -0.182. The standard InChI is InChI=1S/C15H11Cl2N3O2S/c16-10-5-11(17)7-12(6-10)18-13(21)1-2-14-19-15(20-22-14)9-3-4-23-8-9/h3-8H,1-2H2,(H,18,21). The normalized spacial score (nSPS) is 10.7. The summed E-state index contributed by atoms with van der Waals surface area (Å²) < 4.78 is 5.15. The highest BCUT2D eigenvalue weighted by Crippen LogP contribution is 2.23. The Balaban J connectivity index is 1.57. The van der Waals surface area contributed by atoms with Gasteiger partial charge in [-0.15, -0.1) is 0 Å². The van der Waals surface area contributed by atoms with Crippen molar-refractivity contribution < 1.29 is 9.32 Å². The fraction of sp³-hybridized carbons (Fsp3) is 0.133. The topological polar surface area (TPSA) is 68.0 Å². The van der Waals surface area contributed by atoms with Crippen LogP contribution >= 0.6 is 34.5 Å². The molecule has 0 aliphatic heterocycles. The molecule has 2 aromatic heterocycles. The van der Waals surface area contributed by atoms with Gasteiger partial charge in [-0.1, -0.05) is 28.4 Å². The fourth-order valence-electron chi connectivity index (χ4n) is 1.94. The Morgan fingerprint density at radius 1 is 1.26 bits per heavy atom. The van der Waals surface area contributed by atoms with Gasteiger partial charge in [-0.3, -0.25) is 4.79 Å². The van der Waals surface area contributed by atoms with Crippen molar-refractivity contribution in [3.05, 3.63) is 51.0 Å². The third-order valence-corrected chi connectivity index (χ3v) is 4.08. The summed E-state index contributed by atoms with van der Waals surface area (Å²) in [6.45, 7) is 0. The molecule has 0 saturated carbocycles. The number of thiophene rings is 1. The number of nitrogens with zero attached hydrogens (tertiary/aromatic N) is 2. The van der Waals surface area contributed by atoms with Crippen LogP contribution in [-0.2, 0) is 11.2 Å². The van der Waals surface area contributed by atoms with E-state index in [1.165, 1.54) is 0 Å². The molecule has 0 fully saturated rings. The van der Waals surface area contributed by atoms with Gasteiger partial charge >= 0.3 is 0 Å². The number of hydrogen-bond acceptors (Lipinski definition) is 5. The van der Waals surface area contributed by atoms with Gasteiger partial charge < -0.3 is 9.84 Å². The van der Waals surface area contributed by atoms with Crippen molar-refractivity contribution in [1.29, 1.82) is 0 Å². The Morgan fingerprint density at radius 2 is 2.04 bits per heavy atom. The molecule has 3 rings (SSSR count). The summed E-state index contributed by atoms with van der Waals surface area (Å²) in [5, 5.41) is 11.4. The van der Waals surface area contributed by atoms with Gasteiger partial charge in [0.2, 0.25) is 17.6 Å². The third-order valence-electron chi connectivity index (χ3n) is 2.96. The first-order chi connectivity index (χ1) is 11.1. The summed E-state index contributed by atoms with van der Waals surface area (Å²) in [7, 11) is 0. The molecule has 1 aromatic carbocycles. The fourth-order valence-corrected chi connectivity index (χ4v) is 3.10. The first-order valence-electron chi connectivity index (χ1n) is 6.71. The van der Waals surface area contributed by atoms with Crippen LogP contribution in [0.25, 0.3) is 11.4 Å². The number of anilines is 1. The molecule has 1 N–H and O–H groups in total. The van der Waals surface area contributed by atoms with Crippen molar-refractivity contribution in [3.8, 4) is 11.4 Å². The van der Waals surface area contributed by atoms with Gasteiger partial charge in [0.1, 0.15) is 0 Å². The van der Waals surface area contributed by atoms with Crippen molar-refractivity contribution in [1.82, 2.24) is 10.1 Å². The van der Waals surface area contributed by atoms with Crippen molar-refractivity contribution in [2.24, 2.45) is 0 Å². The molecule has 0 radical (unpaired) electrons. The van der Waals surface area contributed by atoms with Crippen molar-refractivity contribution >= 4 is 46.1 Å². The van der Waals surface area contributed by atoms with Crippen LogP contribution in [0.5, 0.6) is 0 Å². The highest BCUT2D eigenvalue weighted by Gasteiger charge is 2.11. The van der Waals surface area contributed by atoms with Crippen LogP contribution in [0.15, 0.2) is 39.5 Å². The van der Waals surface area contributed by atoms with Crippen molar-refractivity contribution in [2.75, 3.05) is 5.32 Å². The summed E-state index contributed by atoms with van der Waals surface area (Å²) in [4.78, 5) is 16.2. The van der Waals surface area contributed by atoms with Crippen LogP contribution < -0.4 is 5.32 Å². The van der Waals surface area contributed by atoms with E-state index < -0.39 is 0 Å². The van der Waals surface area contributed by atoms with Gasteiger partial charge in [-0.2, -0.15) is 16.3 Å². The quantitative estimate of drug-likeness (QED) is 0.710. The number of amides is 1. The number of carbonyl (C=O) groups is 1. The zero-order chi connectivity index (χ0) is 16.2. The number of hydrogen-bond donors (Lipinski definition) is 1. The largest absolute Gasteiger partial charge is 0.339 e. The number of halogens is 2. The van der Waals surface area contributed by atoms with Crippen LogP contribution in [0.2, 0.25) is 10.0 Å². The summed E-state index contributed by atoms with van der Waals surface area (Å²) in [5.74, 6) is 0.771. The Kier molecular flexibility index (Phi) is 4.95. The summed E-state index contributed by atoms with van der Waals surface area (Å²) in [6.07, 6.45) is 0.576. The van der Waals surface area contributed by atoms with E-state index in [4.69, 9.17) is 27.7 Å². The van der Waals surface area contributed by atoms with Crippen molar-refractivity contribution in [2.45, 2.75) is 12.8 Å². The summed E-state index contributed by atoms with van der Waals surface area (Å²) >= 11 is 13.3. The van der Waals surface area contributed by atoms with E-state index >= 15 is 0 Å². The second kappa shape index (κ2) is 7.12. The van der Waals surface area contributed by atoms with E-state index in [9.17, 15) is 4.79 Å². The van der Waals surface area contributed by atoms with E-state index in [1.54, 1.807) is 29.5 Å². The number of carbonyl (C=O) groups excluding carboxylic acids is 1. The van der Waals surface area contributed by atoms with Gasteiger partial charge in [-0.05, 0) is 29.6 Å². The van der Waals surface area contributed by atoms with Crippen LogP contribution in [-0.4, -0.2) is 16.0 Å². The molecule has 118 valence electrons. The maximum Gasteiger partial charge on any atom is 0.227 e. The first-order valence-corrected chi connectivity index (χ1v) is 8.41. The molecule has 8 heteroatoms. The number of nitrogens with one attached hydrogen (secondary N) is 1. The summed E-state index contributed by atoms with van der Waals surface area (Å²) in [6, 6.07) is 6.78. The zero-order valence-corrected chi connectivity index (χ0v) is 14.1. The molecule has 0 bridgehead atoms. The highest BCUT2D eigenvalue weighted by atomic mass is 35.5. The molecule has 23 heavy (non-hydrogen) atoms. The predicted molar refractivity (Wildman–Crippen MR) is 91.0 cm³/mol. The van der Waals surface area contributed by atoms with Gasteiger partial charge in [0.25, 0.3) is 0 Å². The van der Waals surface area contributed by atoms with Crippen LogP contribution in [0.3, 0.4) is 0 Å². The van der Waals surface area contributed by atoms with Gasteiger partial charge in [-0.25, -0.2) is 0 Å². The molecule has 0 spiro atoms. The second-order valence-electron chi connectivity index (χ2n) is 4.73. The molecule has 5 nitrogen and oxygen atoms in total. The number of aromatic nitrogens is 2. The SMILES string of the molecule is O=C(CCc1nc(-c2ccsc2)no1)Nc1cc(Cl)cc(Cl)c1. The Morgan fingerprint density at radius 3 is 2.74 bits per heavy atom. The van der Waals surface area contributed by atoms with E-state index in [0.717, 1.165) is 5.56 Å². The van der Waals surface area contributed by atoms with E-state index in [0.29, 0.717) is 33.9 Å². The lowest BCUT2D eigenvalue weighted by Gasteiger charge is -2.05. The minimum absolute atomic E-state index is 0.182. The maximum atomic E-state index is 12.0. The molecule has 2 heterocycles. The average molecular weight is 368 g/mol. The van der Waals surface area contributed by atoms with E-state index in [1.807, 2.05) is 16.8 Å². The van der Waals surface area contributed by atoms with E-state index in [2.05, 4.69) is 15.5 Å². The van der Waals surface area contributed by atoms with Crippen LogP contribution in [0.4, 0.5) is 5.69 Å². The predicted octanol–water partition coefficient (Wildman–Crippen LogP) is 4.68. The van der Waals surface area contributed by atoms with Gasteiger partial charge in [0.15, 0.2) is 0 Å². The Bertz CT molecular complexity index is 798. The molecule has 0 aliphatic rings. The van der Waals surface area contributed by atoms with E-state index in [-0.39, 0.29) is 12.3 Å². The minimum Gasteiger partial charge on any atom is -0.339 e. The van der Waals surface area contributed by atoms with Crippen molar-refractivity contribution in [3.63, 3.8) is 0 Å². The number of rotatable bonds is 5. The first kappa shape index (κ1) is 16.0. The third kappa shape index (κ3) is 4.31. The molecular weight excluding hydrogens is 357 g/mol. The molecule has 3 aromatic rings. The molecule has 0 unspecified atom stereocenters. The van der Waals surface area contributed by atoms with Crippen LogP contribution in [0, 0.1) is 0 Å². The number of aryl methyl sites for hydroxylation is 1. The smallest absolute Gasteiger partial charge is 0.227 e. The Labute approximate surface area is 146 Å². The van der Waals surface area contributed by atoms with Gasteiger partial charge in [0, 0.05) is 39.5 Å². The van der Waals surface area contributed by atoms with Gasteiger partial charge in [0.05, 0.1) is 0 Å². The van der Waals surface area contributed by atoms with Crippen LogP contribution in [0.1, 0.15) is 12.3 Å².